The highest BCUT2D eigenvalue weighted by molar-refractivity contribution is 9.10. The second-order valence-corrected chi connectivity index (χ2v) is 6.29. The molecule has 0 fully saturated rings. The fourth-order valence-electron chi connectivity index (χ4n) is 1.55. The van der Waals surface area contributed by atoms with Crippen LogP contribution in [0.25, 0.3) is 0 Å². The number of rotatable bonds is 3. The summed E-state index contributed by atoms with van der Waals surface area (Å²) in [6.45, 7) is 6.49. The van der Waals surface area contributed by atoms with Gasteiger partial charge in [0, 0.05) is 16.1 Å². The van der Waals surface area contributed by atoms with Crippen molar-refractivity contribution in [3.63, 3.8) is 0 Å². The lowest BCUT2D eigenvalue weighted by Crippen LogP contribution is -2.15. The first-order valence-corrected chi connectivity index (χ1v) is 6.29. The van der Waals surface area contributed by atoms with Crippen molar-refractivity contribution in [1.29, 1.82) is 0 Å². The van der Waals surface area contributed by atoms with Gasteiger partial charge in [0.15, 0.2) is 0 Å². The van der Waals surface area contributed by atoms with Crippen LogP contribution in [0.5, 0.6) is 0 Å². The molecule has 3 heteroatoms. The number of hydrogen-bond acceptors (Lipinski definition) is 1. The molecule has 0 aromatic heterocycles. The molecule has 1 atom stereocenters. The molecule has 90 valence electrons. The lowest BCUT2D eigenvalue weighted by molar-refractivity contribution is 0.347. The fraction of sp³-hybridized carbons (Fsp3) is 0.538. The van der Waals surface area contributed by atoms with E-state index in [4.69, 9.17) is 5.73 Å². The van der Waals surface area contributed by atoms with Crippen molar-refractivity contribution in [2.75, 3.05) is 0 Å². The van der Waals surface area contributed by atoms with Gasteiger partial charge in [0.1, 0.15) is 5.82 Å². The largest absolute Gasteiger partial charge is 0.324 e. The van der Waals surface area contributed by atoms with Crippen LogP contribution in [-0.4, -0.2) is 0 Å². The molecule has 0 bridgehead atoms. The SMILES string of the molecule is CC(C)(C)CCC(N)c1ccc(Br)cc1F. The first kappa shape index (κ1) is 13.7. The molecule has 1 nitrogen and oxygen atoms in total. The average molecular weight is 288 g/mol. The molecular weight excluding hydrogens is 269 g/mol. The Morgan fingerprint density at radius 1 is 1.38 bits per heavy atom. The van der Waals surface area contributed by atoms with Gasteiger partial charge in [-0.2, -0.15) is 0 Å². The highest BCUT2D eigenvalue weighted by atomic mass is 79.9. The van der Waals surface area contributed by atoms with Gasteiger partial charge in [0.05, 0.1) is 0 Å². The van der Waals surface area contributed by atoms with Crippen molar-refractivity contribution in [2.45, 2.75) is 39.7 Å². The maximum Gasteiger partial charge on any atom is 0.129 e. The van der Waals surface area contributed by atoms with Gasteiger partial charge in [-0.25, -0.2) is 4.39 Å². The molecule has 0 radical (unpaired) electrons. The summed E-state index contributed by atoms with van der Waals surface area (Å²) in [6.07, 6.45) is 1.80. The molecule has 0 aliphatic rings. The molecule has 1 aromatic carbocycles. The summed E-state index contributed by atoms with van der Waals surface area (Å²) < 4.78 is 14.4. The lowest BCUT2D eigenvalue weighted by Gasteiger charge is -2.21. The van der Waals surface area contributed by atoms with E-state index in [1.807, 2.05) is 6.07 Å². The molecule has 0 aliphatic heterocycles. The Kier molecular flexibility index (Phi) is 4.51. The molecule has 0 heterocycles. The van der Waals surface area contributed by atoms with Gasteiger partial charge in [0.2, 0.25) is 0 Å². The van der Waals surface area contributed by atoms with Crippen molar-refractivity contribution in [1.82, 2.24) is 0 Å². The van der Waals surface area contributed by atoms with Crippen LogP contribution >= 0.6 is 15.9 Å². The summed E-state index contributed by atoms with van der Waals surface area (Å²) in [4.78, 5) is 0. The minimum absolute atomic E-state index is 0.215. The number of halogens is 2. The standard InChI is InChI=1S/C13H19BrFN/c1-13(2,3)7-6-12(16)10-5-4-9(14)8-11(10)15/h4-5,8,12H,6-7,16H2,1-3H3. The first-order chi connectivity index (χ1) is 7.29. The molecule has 16 heavy (non-hydrogen) atoms. The number of benzene rings is 1. The third-order valence-electron chi connectivity index (χ3n) is 2.57. The van der Waals surface area contributed by atoms with Crippen molar-refractivity contribution in [3.8, 4) is 0 Å². The van der Waals surface area contributed by atoms with Crippen LogP contribution in [-0.2, 0) is 0 Å². The monoisotopic (exact) mass is 287 g/mol. The summed E-state index contributed by atoms with van der Waals surface area (Å²) in [6, 6.07) is 4.83. The average Bonchev–Trinajstić information content (AvgIpc) is 2.13. The molecule has 1 unspecified atom stereocenters. The Hall–Kier alpha value is -0.410. The van der Waals surface area contributed by atoms with Crippen LogP contribution < -0.4 is 5.73 Å². The summed E-state index contributed by atoms with van der Waals surface area (Å²) in [7, 11) is 0. The van der Waals surface area contributed by atoms with E-state index in [1.54, 1.807) is 6.07 Å². The van der Waals surface area contributed by atoms with Crippen LogP contribution in [0, 0.1) is 11.2 Å². The Bertz CT molecular complexity index is 357. The minimum atomic E-state index is -0.226. The maximum absolute atomic E-state index is 13.6. The zero-order valence-electron chi connectivity index (χ0n) is 10.1. The quantitative estimate of drug-likeness (QED) is 0.875. The van der Waals surface area contributed by atoms with E-state index < -0.39 is 0 Å². The topological polar surface area (TPSA) is 26.0 Å². The molecule has 1 rings (SSSR count). The molecule has 0 saturated carbocycles. The zero-order chi connectivity index (χ0) is 12.3. The van der Waals surface area contributed by atoms with E-state index in [-0.39, 0.29) is 17.3 Å². The molecule has 0 amide bonds. The van der Waals surface area contributed by atoms with E-state index >= 15 is 0 Å². The predicted octanol–water partition coefficient (Wildman–Crippen LogP) is 4.41. The summed E-state index contributed by atoms with van der Waals surface area (Å²) in [5.74, 6) is -0.226. The van der Waals surface area contributed by atoms with Gasteiger partial charge < -0.3 is 5.73 Å². The summed E-state index contributed by atoms with van der Waals surface area (Å²) >= 11 is 3.24. The van der Waals surface area contributed by atoms with Crippen molar-refractivity contribution in [2.24, 2.45) is 11.1 Å². The fourth-order valence-corrected chi connectivity index (χ4v) is 1.88. The first-order valence-electron chi connectivity index (χ1n) is 5.50. The van der Waals surface area contributed by atoms with Crippen LogP contribution in [0.1, 0.15) is 45.2 Å². The van der Waals surface area contributed by atoms with Crippen molar-refractivity contribution >= 4 is 15.9 Å². The maximum atomic E-state index is 13.6. The van der Waals surface area contributed by atoms with Gasteiger partial charge in [-0.3, -0.25) is 0 Å². The highest BCUT2D eigenvalue weighted by Gasteiger charge is 2.16. The third kappa shape index (κ3) is 4.22. The molecule has 0 saturated heterocycles. The zero-order valence-corrected chi connectivity index (χ0v) is 11.6. The van der Waals surface area contributed by atoms with Gasteiger partial charge in [-0.1, -0.05) is 42.8 Å². The van der Waals surface area contributed by atoms with E-state index in [1.165, 1.54) is 6.07 Å². The van der Waals surface area contributed by atoms with Gasteiger partial charge in [0.25, 0.3) is 0 Å². The van der Waals surface area contributed by atoms with E-state index in [9.17, 15) is 4.39 Å². The van der Waals surface area contributed by atoms with Crippen molar-refractivity contribution < 1.29 is 4.39 Å². The minimum Gasteiger partial charge on any atom is -0.324 e. The van der Waals surface area contributed by atoms with Gasteiger partial charge in [-0.15, -0.1) is 0 Å². The smallest absolute Gasteiger partial charge is 0.129 e. The van der Waals surface area contributed by atoms with Crippen LogP contribution in [0.2, 0.25) is 0 Å². The molecular formula is C13H19BrFN. The normalized spacial score (nSPS) is 13.9. The highest BCUT2D eigenvalue weighted by Crippen LogP contribution is 2.28. The second-order valence-electron chi connectivity index (χ2n) is 5.37. The van der Waals surface area contributed by atoms with Crippen LogP contribution in [0.15, 0.2) is 22.7 Å². The Labute approximate surface area is 105 Å². The Morgan fingerprint density at radius 3 is 2.50 bits per heavy atom. The van der Waals surface area contributed by atoms with E-state index in [0.29, 0.717) is 5.56 Å². The third-order valence-corrected chi connectivity index (χ3v) is 3.06. The van der Waals surface area contributed by atoms with Gasteiger partial charge >= 0.3 is 0 Å². The molecule has 0 aliphatic carbocycles. The lowest BCUT2D eigenvalue weighted by atomic mass is 9.87. The second kappa shape index (κ2) is 5.28. The Balaban J connectivity index is 2.70. The Morgan fingerprint density at radius 2 is 2.00 bits per heavy atom. The van der Waals surface area contributed by atoms with Crippen LogP contribution in [0.3, 0.4) is 0 Å². The number of hydrogen-bond donors (Lipinski definition) is 1. The van der Waals surface area contributed by atoms with E-state index in [0.717, 1.165) is 17.3 Å². The summed E-state index contributed by atoms with van der Waals surface area (Å²) in [5.41, 5.74) is 6.84. The van der Waals surface area contributed by atoms with Crippen molar-refractivity contribution in [3.05, 3.63) is 34.1 Å². The molecule has 1 aromatic rings. The molecule has 0 spiro atoms. The molecule has 2 N–H and O–H groups in total. The van der Waals surface area contributed by atoms with Crippen LogP contribution in [0.4, 0.5) is 4.39 Å². The predicted molar refractivity (Wildman–Crippen MR) is 69.7 cm³/mol. The summed E-state index contributed by atoms with van der Waals surface area (Å²) in [5, 5.41) is 0. The van der Waals surface area contributed by atoms with Gasteiger partial charge in [-0.05, 0) is 30.4 Å². The number of nitrogens with two attached hydrogens (primary N) is 1. The van der Waals surface area contributed by atoms with E-state index in [2.05, 4.69) is 36.7 Å².